The largest absolute Gasteiger partial charge is 0.396 e. The molecule has 0 radical (unpaired) electrons. The van der Waals surface area contributed by atoms with Gasteiger partial charge in [-0.25, -0.2) is 0 Å². The highest BCUT2D eigenvalue weighted by Crippen LogP contribution is 2.42. The fourth-order valence-electron chi connectivity index (χ4n) is 4.48. The first-order chi connectivity index (χ1) is 15.0. The molecule has 4 nitrogen and oxygen atoms in total. The predicted octanol–water partition coefficient (Wildman–Crippen LogP) is 6.55. The van der Waals surface area contributed by atoms with Gasteiger partial charge in [-0.3, -0.25) is 0 Å². The Hall–Kier alpha value is -1.72. The van der Waals surface area contributed by atoms with E-state index in [-0.39, 0.29) is 17.0 Å². The minimum Gasteiger partial charge on any atom is -0.396 e. The smallest absolute Gasteiger partial charge is 0.0467 e. The Bertz CT molecular complexity index is 780. The van der Waals surface area contributed by atoms with Crippen LogP contribution in [0.4, 0.5) is 22.7 Å². The third-order valence-corrected chi connectivity index (χ3v) is 6.42. The zero-order valence-corrected chi connectivity index (χ0v) is 22.2. The van der Waals surface area contributed by atoms with E-state index in [1.807, 2.05) is 0 Å². The highest BCUT2D eigenvalue weighted by Gasteiger charge is 2.23. The number of halogens is 1. The van der Waals surface area contributed by atoms with Crippen molar-refractivity contribution in [2.24, 2.45) is 0 Å². The lowest BCUT2D eigenvalue weighted by Gasteiger charge is -2.35. The van der Waals surface area contributed by atoms with Crippen molar-refractivity contribution < 1.29 is 5.11 Å². The summed E-state index contributed by atoms with van der Waals surface area (Å²) < 4.78 is 0. The van der Waals surface area contributed by atoms with Crippen LogP contribution >= 0.6 is 17.0 Å². The number of aliphatic hydroxyl groups excluding tert-OH is 1. The molecule has 0 bridgehead atoms. The van der Waals surface area contributed by atoms with Gasteiger partial charge in [0.05, 0.1) is 0 Å². The number of hydrogen-bond donors (Lipinski definition) is 1. The second-order valence-electron chi connectivity index (χ2n) is 9.30. The highest BCUT2D eigenvalue weighted by atomic mass is 79.9. The first-order valence-electron chi connectivity index (χ1n) is 12.0. The van der Waals surface area contributed by atoms with Crippen LogP contribution in [0, 0.1) is 0 Å². The van der Waals surface area contributed by atoms with Crippen LogP contribution < -0.4 is 14.7 Å². The van der Waals surface area contributed by atoms with Gasteiger partial charge < -0.3 is 19.8 Å². The van der Waals surface area contributed by atoms with Crippen LogP contribution in [0.5, 0.6) is 0 Å². The highest BCUT2D eigenvalue weighted by molar-refractivity contribution is 8.93. The SMILES string of the molecule is Br.CN(C)c1ccc2c(c1)N(CCCCCCCCCCO)c1cc(N(C)C)ccc1C2. The molecule has 0 amide bonds. The number of rotatable bonds is 12. The van der Waals surface area contributed by atoms with Gasteiger partial charge in [-0.15, -0.1) is 17.0 Å². The van der Waals surface area contributed by atoms with Crippen LogP contribution in [-0.2, 0) is 6.42 Å². The van der Waals surface area contributed by atoms with Crippen molar-refractivity contribution in [3.8, 4) is 0 Å². The molecular weight excluding hydrogens is 462 g/mol. The van der Waals surface area contributed by atoms with Crippen LogP contribution in [0.1, 0.15) is 62.5 Å². The fourth-order valence-corrected chi connectivity index (χ4v) is 4.48. The second-order valence-corrected chi connectivity index (χ2v) is 9.30. The van der Waals surface area contributed by atoms with Crippen molar-refractivity contribution in [2.75, 3.05) is 56.0 Å². The molecule has 2 aromatic carbocycles. The Morgan fingerprint density at radius 2 is 1.12 bits per heavy atom. The maximum atomic E-state index is 8.89. The Morgan fingerprint density at radius 1 is 0.688 bits per heavy atom. The van der Waals surface area contributed by atoms with Gasteiger partial charge >= 0.3 is 0 Å². The summed E-state index contributed by atoms with van der Waals surface area (Å²) in [7, 11) is 8.47. The van der Waals surface area contributed by atoms with Gasteiger partial charge in [0.1, 0.15) is 0 Å². The molecule has 0 unspecified atom stereocenters. The molecule has 32 heavy (non-hydrogen) atoms. The van der Waals surface area contributed by atoms with Crippen LogP contribution in [0.15, 0.2) is 36.4 Å². The lowest BCUT2D eigenvalue weighted by atomic mass is 9.94. The molecule has 2 aromatic rings. The zero-order valence-electron chi connectivity index (χ0n) is 20.4. The molecule has 1 N–H and O–H groups in total. The first-order valence-corrected chi connectivity index (χ1v) is 12.0. The average Bonchev–Trinajstić information content (AvgIpc) is 2.76. The number of hydrogen-bond acceptors (Lipinski definition) is 4. The molecule has 0 spiro atoms. The molecule has 3 rings (SSSR count). The first kappa shape index (κ1) is 26.5. The summed E-state index contributed by atoms with van der Waals surface area (Å²) in [6.07, 6.45) is 10.8. The summed E-state index contributed by atoms with van der Waals surface area (Å²) in [6, 6.07) is 13.8. The topological polar surface area (TPSA) is 30.0 Å². The van der Waals surface area contributed by atoms with Gasteiger partial charge in [0.15, 0.2) is 0 Å². The number of nitrogens with zero attached hydrogens (tertiary/aromatic N) is 3. The van der Waals surface area contributed by atoms with Gasteiger partial charge in [-0.2, -0.15) is 0 Å². The molecule has 0 atom stereocenters. The number of fused-ring (bicyclic) bond motifs is 2. The number of unbranched alkanes of at least 4 members (excludes halogenated alkanes) is 7. The van der Waals surface area contributed by atoms with E-state index in [9.17, 15) is 0 Å². The standard InChI is InChI=1S/C27H41N3O.BrH/c1-28(2)24-15-13-22-19-23-14-16-25(29(3)4)21-27(23)30(26(22)20-24)17-11-9-7-5-6-8-10-12-18-31;/h13-16,20-21,31H,5-12,17-19H2,1-4H3;1H. The van der Waals surface area contributed by atoms with Crippen molar-refractivity contribution in [3.05, 3.63) is 47.5 Å². The normalized spacial score (nSPS) is 12.1. The van der Waals surface area contributed by atoms with E-state index in [2.05, 4.69) is 79.3 Å². The minimum atomic E-state index is 0. The number of anilines is 4. The van der Waals surface area contributed by atoms with Crippen molar-refractivity contribution in [2.45, 2.75) is 57.8 Å². The van der Waals surface area contributed by atoms with E-state index < -0.39 is 0 Å². The third kappa shape index (κ3) is 6.89. The lowest BCUT2D eigenvalue weighted by molar-refractivity contribution is 0.282. The monoisotopic (exact) mass is 503 g/mol. The van der Waals surface area contributed by atoms with E-state index in [0.717, 1.165) is 19.4 Å². The molecule has 1 aliphatic rings. The van der Waals surface area contributed by atoms with Crippen LogP contribution in [-0.4, -0.2) is 46.4 Å². The summed E-state index contributed by atoms with van der Waals surface area (Å²) in [5.41, 5.74) is 8.13. The molecule has 0 saturated carbocycles. The third-order valence-electron chi connectivity index (χ3n) is 6.42. The Balaban J connectivity index is 0.00000363. The molecule has 178 valence electrons. The number of benzene rings is 2. The van der Waals surface area contributed by atoms with E-state index in [4.69, 9.17) is 5.11 Å². The van der Waals surface area contributed by atoms with Gasteiger partial charge in [0.25, 0.3) is 0 Å². The molecule has 0 aromatic heterocycles. The maximum absolute atomic E-state index is 8.89. The van der Waals surface area contributed by atoms with E-state index in [1.165, 1.54) is 78.8 Å². The molecule has 0 fully saturated rings. The summed E-state index contributed by atoms with van der Waals surface area (Å²) in [4.78, 5) is 6.96. The average molecular weight is 505 g/mol. The van der Waals surface area contributed by atoms with Crippen molar-refractivity contribution in [1.29, 1.82) is 0 Å². The molecule has 1 aliphatic heterocycles. The predicted molar refractivity (Wildman–Crippen MR) is 146 cm³/mol. The Morgan fingerprint density at radius 3 is 1.56 bits per heavy atom. The molecule has 0 saturated heterocycles. The second kappa shape index (κ2) is 13.1. The van der Waals surface area contributed by atoms with E-state index in [0.29, 0.717) is 6.61 Å². The van der Waals surface area contributed by atoms with E-state index >= 15 is 0 Å². The molecule has 5 heteroatoms. The van der Waals surface area contributed by atoms with Crippen LogP contribution in [0.3, 0.4) is 0 Å². The number of aliphatic hydroxyl groups is 1. The Kier molecular flexibility index (Phi) is 10.9. The quantitative estimate of drug-likeness (QED) is 0.332. The summed E-state index contributed by atoms with van der Waals surface area (Å²) in [5.74, 6) is 0. The molecular formula is C27H42BrN3O. The summed E-state index contributed by atoms with van der Waals surface area (Å²) in [6.45, 7) is 1.40. The lowest BCUT2D eigenvalue weighted by Crippen LogP contribution is -2.25. The van der Waals surface area contributed by atoms with Crippen LogP contribution in [0.2, 0.25) is 0 Å². The van der Waals surface area contributed by atoms with Crippen molar-refractivity contribution in [1.82, 2.24) is 0 Å². The minimum absolute atomic E-state index is 0. The maximum Gasteiger partial charge on any atom is 0.0467 e. The molecule has 1 heterocycles. The summed E-state index contributed by atoms with van der Waals surface area (Å²) in [5, 5.41) is 8.89. The van der Waals surface area contributed by atoms with Crippen molar-refractivity contribution in [3.63, 3.8) is 0 Å². The van der Waals surface area contributed by atoms with Gasteiger partial charge in [0.2, 0.25) is 0 Å². The van der Waals surface area contributed by atoms with Crippen LogP contribution in [0.25, 0.3) is 0 Å². The van der Waals surface area contributed by atoms with Crippen molar-refractivity contribution >= 4 is 39.7 Å². The van der Waals surface area contributed by atoms with E-state index in [1.54, 1.807) is 0 Å². The fraction of sp³-hybridized carbons (Fsp3) is 0.556. The van der Waals surface area contributed by atoms with Gasteiger partial charge in [-0.1, -0.05) is 50.7 Å². The van der Waals surface area contributed by atoms with Gasteiger partial charge in [-0.05, 0) is 48.2 Å². The zero-order chi connectivity index (χ0) is 22.2. The Labute approximate surface area is 206 Å². The summed E-state index contributed by atoms with van der Waals surface area (Å²) >= 11 is 0. The molecule has 0 aliphatic carbocycles. The van der Waals surface area contributed by atoms with Gasteiger partial charge in [0, 0.05) is 70.5 Å².